The van der Waals surface area contributed by atoms with E-state index in [4.69, 9.17) is 5.11 Å². The summed E-state index contributed by atoms with van der Waals surface area (Å²) in [6.45, 7) is 5.03. The van der Waals surface area contributed by atoms with Crippen LogP contribution in [-0.2, 0) is 17.8 Å². The predicted octanol–water partition coefficient (Wildman–Crippen LogP) is 0.319. The monoisotopic (exact) mass is 326 g/mol. The van der Waals surface area contributed by atoms with E-state index in [-0.39, 0.29) is 12.5 Å². The molecule has 1 aromatic rings. The summed E-state index contributed by atoms with van der Waals surface area (Å²) in [6.07, 6.45) is 1.48. The molecule has 0 saturated carbocycles. The summed E-state index contributed by atoms with van der Waals surface area (Å²) in [5.74, 6) is 0.00105. The lowest BCUT2D eigenvalue weighted by atomic mass is 10.1. The molecule has 0 aromatic carbocycles. The molecule has 0 aliphatic carbocycles. The van der Waals surface area contributed by atoms with Gasteiger partial charge in [-0.2, -0.15) is 0 Å². The van der Waals surface area contributed by atoms with Crippen LogP contribution in [-0.4, -0.2) is 71.7 Å². The summed E-state index contributed by atoms with van der Waals surface area (Å²) in [6, 6.07) is 0.928. The third-order valence-electron chi connectivity index (χ3n) is 4.42. The Hall–Kier alpha value is -1.02. The van der Waals surface area contributed by atoms with Gasteiger partial charge in [-0.25, -0.2) is 4.98 Å². The Bertz CT molecular complexity index is 494. The first-order valence-electron chi connectivity index (χ1n) is 7.74. The van der Waals surface area contributed by atoms with Crippen molar-refractivity contribution >= 4 is 17.2 Å². The first-order valence-corrected chi connectivity index (χ1v) is 8.62. The Kier molecular flexibility index (Phi) is 6.31. The van der Waals surface area contributed by atoms with Gasteiger partial charge in [0.1, 0.15) is 5.01 Å². The average molecular weight is 326 g/mol. The van der Waals surface area contributed by atoms with Crippen LogP contribution in [0.2, 0.25) is 0 Å². The summed E-state index contributed by atoms with van der Waals surface area (Å²) in [7, 11) is 3.72. The minimum Gasteiger partial charge on any atom is -0.395 e. The van der Waals surface area contributed by atoms with Crippen LogP contribution < -0.4 is 5.32 Å². The van der Waals surface area contributed by atoms with Gasteiger partial charge in [-0.05, 0) is 20.4 Å². The van der Waals surface area contributed by atoms with Crippen molar-refractivity contribution in [3.05, 3.63) is 16.1 Å². The van der Waals surface area contributed by atoms with E-state index in [2.05, 4.69) is 39.5 Å². The number of carbonyl (C=O) groups excluding carboxylic acids is 1. The topological polar surface area (TPSA) is 68.7 Å². The van der Waals surface area contributed by atoms with Crippen molar-refractivity contribution in [3.8, 4) is 0 Å². The smallest absolute Gasteiger partial charge is 0.226 e. The Morgan fingerprint density at radius 3 is 3.09 bits per heavy atom. The molecule has 2 atom stereocenters. The highest BCUT2D eigenvalue weighted by molar-refractivity contribution is 7.09. The largest absolute Gasteiger partial charge is 0.395 e. The van der Waals surface area contributed by atoms with Crippen molar-refractivity contribution in [2.45, 2.75) is 38.4 Å². The number of likely N-dealkylation sites (tertiary alicyclic amines) is 1. The first-order chi connectivity index (χ1) is 10.5. The molecule has 1 aromatic heterocycles. The van der Waals surface area contributed by atoms with Crippen LogP contribution in [0.5, 0.6) is 0 Å². The van der Waals surface area contributed by atoms with Crippen LogP contribution in [0.15, 0.2) is 5.38 Å². The van der Waals surface area contributed by atoms with Gasteiger partial charge in [0.25, 0.3) is 0 Å². The predicted molar refractivity (Wildman–Crippen MR) is 87.9 cm³/mol. The molecule has 2 rings (SSSR count). The van der Waals surface area contributed by atoms with E-state index < -0.39 is 0 Å². The molecule has 124 valence electrons. The van der Waals surface area contributed by atoms with Gasteiger partial charge < -0.3 is 10.4 Å². The second kappa shape index (κ2) is 8.01. The molecule has 2 heterocycles. The number of nitrogens with zero attached hydrogens (tertiary/aromatic N) is 3. The standard InChI is InChI=1S/C15H26N4O2S/c1-11-13(18(3)6-7-20)4-5-19(11)9-12-10-22-15(17-12)8-14(21)16-2/h10-11,13,20H,4-9H2,1-3H3,(H,16,21)/t11-,13-/m1/s1. The quantitative estimate of drug-likeness (QED) is 0.755. The molecule has 0 spiro atoms. The van der Waals surface area contributed by atoms with Gasteiger partial charge in [0.2, 0.25) is 5.91 Å². The van der Waals surface area contributed by atoms with E-state index in [1.807, 2.05) is 0 Å². The number of aromatic nitrogens is 1. The van der Waals surface area contributed by atoms with Crippen molar-refractivity contribution in [3.63, 3.8) is 0 Å². The number of rotatable bonds is 7. The fourth-order valence-electron chi connectivity index (χ4n) is 3.06. The molecule has 7 heteroatoms. The highest BCUT2D eigenvalue weighted by Gasteiger charge is 2.33. The van der Waals surface area contributed by atoms with Crippen molar-refractivity contribution in [2.24, 2.45) is 0 Å². The Balaban J connectivity index is 1.90. The van der Waals surface area contributed by atoms with E-state index in [0.717, 1.165) is 36.8 Å². The third-order valence-corrected chi connectivity index (χ3v) is 5.32. The fourth-order valence-corrected chi connectivity index (χ4v) is 3.84. The van der Waals surface area contributed by atoms with Gasteiger partial charge in [-0.1, -0.05) is 0 Å². The third kappa shape index (κ3) is 4.25. The summed E-state index contributed by atoms with van der Waals surface area (Å²) in [5.41, 5.74) is 1.04. The molecule has 0 radical (unpaired) electrons. The van der Waals surface area contributed by atoms with Gasteiger partial charge in [-0.3, -0.25) is 14.6 Å². The molecule has 1 aliphatic rings. The summed E-state index contributed by atoms with van der Waals surface area (Å²) < 4.78 is 0. The molecule has 1 amide bonds. The summed E-state index contributed by atoms with van der Waals surface area (Å²) in [4.78, 5) is 20.6. The highest BCUT2D eigenvalue weighted by Crippen LogP contribution is 2.24. The van der Waals surface area contributed by atoms with Crippen LogP contribution in [0.1, 0.15) is 24.0 Å². The van der Waals surface area contributed by atoms with Crippen LogP contribution in [0.25, 0.3) is 0 Å². The Labute approximate surface area is 136 Å². The zero-order valence-electron chi connectivity index (χ0n) is 13.6. The number of hydrogen-bond acceptors (Lipinski definition) is 6. The van der Waals surface area contributed by atoms with Gasteiger partial charge in [0.05, 0.1) is 18.7 Å². The number of nitrogens with one attached hydrogen (secondary N) is 1. The number of likely N-dealkylation sites (N-methyl/N-ethyl adjacent to an activating group) is 2. The van der Waals surface area contributed by atoms with E-state index in [0.29, 0.717) is 18.5 Å². The number of hydrogen-bond donors (Lipinski definition) is 2. The van der Waals surface area contributed by atoms with Crippen LogP contribution >= 0.6 is 11.3 Å². The van der Waals surface area contributed by atoms with Gasteiger partial charge in [-0.15, -0.1) is 11.3 Å². The lowest BCUT2D eigenvalue weighted by Crippen LogP contribution is -2.42. The molecule has 0 bridgehead atoms. The van der Waals surface area contributed by atoms with Crippen LogP contribution in [0.4, 0.5) is 0 Å². The second-order valence-corrected chi connectivity index (χ2v) is 6.80. The molecule has 1 saturated heterocycles. The van der Waals surface area contributed by atoms with Crippen molar-refractivity contribution < 1.29 is 9.90 Å². The molecule has 0 unspecified atom stereocenters. The molecule has 22 heavy (non-hydrogen) atoms. The maximum absolute atomic E-state index is 11.4. The van der Waals surface area contributed by atoms with Crippen molar-refractivity contribution in [1.82, 2.24) is 20.1 Å². The van der Waals surface area contributed by atoms with Gasteiger partial charge >= 0.3 is 0 Å². The SMILES string of the molecule is CNC(=O)Cc1nc(CN2CC[C@@H](N(C)CCO)[C@H]2C)cs1. The molecular weight excluding hydrogens is 300 g/mol. The van der Waals surface area contributed by atoms with Gasteiger partial charge in [0, 0.05) is 44.1 Å². The number of aliphatic hydroxyl groups is 1. The molecule has 6 nitrogen and oxygen atoms in total. The fraction of sp³-hybridized carbons (Fsp3) is 0.733. The maximum atomic E-state index is 11.4. The Morgan fingerprint density at radius 2 is 2.41 bits per heavy atom. The van der Waals surface area contributed by atoms with Crippen LogP contribution in [0.3, 0.4) is 0 Å². The zero-order chi connectivity index (χ0) is 16.1. The molecule has 2 N–H and O–H groups in total. The Morgan fingerprint density at radius 1 is 1.64 bits per heavy atom. The number of carbonyl (C=O) groups is 1. The molecular formula is C15H26N4O2S. The van der Waals surface area contributed by atoms with Crippen LogP contribution in [0, 0.1) is 0 Å². The average Bonchev–Trinajstić information content (AvgIpc) is 3.07. The minimum absolute atomic E-state index is 0.00105. The lowest BCUT2D eigenvalue weighted by Gasteiger charge is -2.30. The lowest BCUT2D eigenvalue weighted by molar-refractivity contribution is -0.119. The van der Waals surface area contributed by atoms with E-state index >= 15 is 0 Å². The van der Waals surface area contributed by atoms with E-state index in [1.54, 1.807) is 18.4 Å². The molecule has 1 aliphatic heterocycles. The minimum atomic E-state index is 0.00105. The first kappa shape index (κ1) is 17.3. The van der Waals surface area contributed by atoms with Gasteiger partial charge in [0.15, 0.2) is 0 Å². The number of thiazole rings is 1. The van der Waals surface area contributed by atoms with Crippen molar-refractivity contribution in [2.75, 3.05) is 33.8 Å². The summed E-state index contributed by atoms with van der Waals surface area (Å²) >= 11 is 1.55. The number of aliphatic hydroxyl groups excluding tert-OH is 1. The summed E-state index contributed by atoms with van der Waals surface area (Å²) in [5, 5.41) is 14.6. The molecule has 1 fully saturated rings. The zero-order valence-corrected chi connectivity index (χ0v) is 14.4. The van der Waals surface area contributed by atoms with E-state index in [1.165, 1.54) is 0 Å². The normalized spacial score (nSPS) is 22.4. The van der Waals surface area contributed by atoms with Crippen molar-refractivity contribution in [1.29, 1.82) is 0 Å². The van der Waals surface area contributed by atoms with E-state index in [9.17, 15) is 4.79 Å². The highest BCUT2D eigenvalue weighted by atomic mass is 32.1. The maximum Gasteiger partial charge on any atom is 0.226 e. The second-order valence-electron chi connectivity index (χ2n) is 5.85. The number of amides is 1.